The Bertz CT molecular complexity index is 463. The van der Waals surface area contributed by atoms with Crippen LogP contribution >= 0.6 is 0 Å². The molecule has 1 fully saturated rings. The van der Waals surface area contributed by atoms with Crippen molar-refractivity contribution in [1.82, 2.24) is 0 Å². The van der Waals surface area contributed by atoms with Gasteiger partial charge in [-0.25, -0.2) is 9.18 Å². The molecular weight excluding hydrogens is 245 g/mol. The molecule has 1 aromatic carbocycles. The van der Waals surface area contributed by atoms with Crippen LogP contribution in [0.4, 0.5) is 10.1 Å². The first-order valence-corrected chi connectivity index (χ1v) is 6.79. The van der Waals surface area contributed by atoms with Crippen molar-refractivity contribution in [2.24, 2.45) is 5.92 Å². The highest BCUT2D eigenvalue weighted by Gasteiger charge is 2.39. The van der Waals surface area contributed by atoms with Gasteiger partial charge in [0.25, 0.3) is 0 Å². The fraction of sp³-hybridized carbons (Fsp3) is 0.533. The molecule has 104 valence electrons. The van der Waals surface area contributed by atoms with Gasteiger partial charge >= 0.3 is 5.97 Å². The van der Waals surface area contributed by atoms with Gasteiger partial charge in [0.2, 0.25) is 0 Å². The zero-order valence-electron chi connectivity index (χ0n) is 11.2. The molecule has 0 bridgehead atoms. The molecule has 2 unspecified atom stereocenters. The van der Waals surface area contributed by atoms with Crippen molar-refractivity contribution >= 4 is 11.7 Å². The molecule has 2 N–H and O–H groups in total. The summed E-state index contributed by atoms with van der Waals surface area (Å²) in [7, 11) is 0. The number of rotatable bonds is 3. The molecule has 1 aliphatic rings. The van der Waals surface area contributed by atoms with Crippen LogP contribution in [0.25, 0.3) is 0 Å². The maximum atomic E-state index is 13.2. The van der Waals surface area contributed by atoms with Gasteiger partial charge in [-0.3, -0.25) is 0 Å². The van der Waals surface area contributed by atoms with Crippen molar-refractivity contribution in [3.63, 3.8) is 0 Å². The molecule has 1 aromatic rings. The lowest BCUT2D eigenvalue weighted by Crippen LogP contribution is -2.46. The van der Waals surface area contributed by atoms with Crippen molar-refractivity contribution in [2.75, 3.05) is 5.32 Å². The normalized spacial score (nSPS) is 27.6. The van der Waals surface area contributed by atoms with Gasteiger partial charge in [-0.2, -0.15) is 0 Å². The average Bonchev–Trinajstić information content (AvgIpc) is 2.53. The molecule has 0 saturated heterocycles. The minimum Gasteiger partial charge on any atom is -0.480 e. The summed E-state index contributed by atoms with van der Waals surface area (Å²) in [5.41, 5.74) is -0.421. The third-order valence-electron chi connectivity index (χ3n) is 3.98. The Morgan fingerprint density at radius 2 is 2.21 bits per heavy atom. The number of carbonyl (C=O) groups is 1. The smallest absolute Gasteiger partial charge is 0.329 e. The Morgan fingerprint density at radius 3 is 2.89 bits per heavy atom. The van der Waals surface area contributed by atoms with Crippen molar-refractivity contribution in [3.05, 3.63) is 30.1 Å². The molecule has 1 saturated carbocycles. The molecule has 1 aliphatic carbocycles. The van der Waals surface area contributed by atoms with Crippen LogP contribution in [0.3, 0.4) is 0 Å². The zero-order valence-corrected chi connectivity index (χ0v) is 11.2. The fourth-order valence-electron chi connectivity index (χ4n) is 2.75. The number of carboxylic acid groups (broad SMARTS) is 1. The predicted molar refractivity (Wildman–Crippen MR) is 72.6 cm³/mol. The molecule has 3 nitrogen and oxygen atoms in total. The Kier molecular flexibility index (Phi) is 4.08. The summed E-state index contributed by atoms with van der Waals surface area (Å²) in [6.07, 6.45) is 3.99. The van der Waals surface area contributed by atoms with Crippen LogP contribution in [0.2, 0.25) is 0 Å². The highest BCUT2D eigenvalue weighted by atomic mass is 19.1. The maximum absolute atomic E-state index is 13.2. The summed E-state index contributed by atoms with van der Waals surface area (Å²) in [5, 5.41) is 12.6. The van der Waals surface area contributed by atoms with E-state index < -0.39 is 11.5 Å². The number of anilines is 1. The van der Waals surface area contributed by atoms with Crippen LogP contribution in [0.15, 0.2) is 24.3 Å². The molecular formula is C15H20FNO2. The second-order valence-corrected chi connectivity index (χ2v) is 5.56. The topological polar surface area (TPSA) is 49.3 Å². The Hall–Kier alpha value is -1.58. The lowest BCUT2D eigenvalue weighted by atomic mass is 9.89. The van der Waals surface area contributed by atoms with E-state index in [0.29, 0.717) is 24.4 Å². The number of halogens is 1. The van der Waals surface area contributed by atoms with Gasteiger partial charge < -0.3 is 10.4 Å². The third-order valence-corrected chi connectivity index (χ3v) is 3.98. The first-order chi connectivity index (χ1) is 9.02. The van der Waals surface area contributed by atoms with E-state index in [1.165, 1.54) is 12.1 Å². The number of carboxylic acids is 1. The number of nitrogens with one attached hydrogen (secondary N) is 1. The quantitative estimate of drug-likeness (QED) is 0.820. The van der Waals surface area contributed by atoms with E-state index in [4.69, 9.17) is 0 Å². The summed E-state index contributed by atoms with van der Waals surface area (Å²) >= 11 is 0. The molecule has 0 radical (unpaired) electrons. The van der Waals surface area contributed by atoms with E-state index in [-0.39, 0.29) is 5.82 Å². The molecule has 0 aromatic heterocycles. The second kappa shape index (κ2) is 5.59. The van der Waals surface area contributed by atoms with Gasteiger partial charge in [0.1, 0.15) is 11.4 Å². The van der Waals surface area contributed by atoms with Crippen molar-refractivity contribution in [2.45, 2.75) is 44.6 Å². The lowest BCUT2D eigenvalue weighted by molar-refractivity contribution is -0.142. The van der Waals surface area contributed by atoms with Crippen LogP contribution in [0, 0.1) is 11.7 Å². The number of hydrogen-bond donors (Lipinski definition) is 2. The zero-order chi connectivity index (χ0) is 13.9. The van der Waals surface area contributed by atoms with Crippen LogP contribution < -0.4 is 5.32 Å². The van der Waals surface area contributed by atoms with Crippen LogP contribution in [0.5, 0.6) is 0 Å². The summed E-state index contributed by atoms with van der Waals surface area (Å²) < 4.78 is 13.2. The number of benzene rings is 1. The summed E-state index contributed by atoms with van der Waals surface area (Å²) in [6.45, 7) is 2.15. The van der Waals surface area contributed by atoms with E-state index in [1.807, 2.05) is 0 Å². The molecule has 2 atom stereocenters. The fourth-order valence-corrected chi connectivity index (χ4v) is 2.75. The highest BCUT2D eigenvalue weighted by molar-refractivity contribution is 5.82. The maximum Gasteiger partial charge on any atom is 0.329 e. The third kappa shape index (κ3) is 3.25. The summed E-state index contributed by atoms with van der Waals surface area (Å²) in [5.74, 6) is -0.645. The molecule has 0 heterocycles. The molecule has 4 heteroatoms. The summed E-state index contributed by atoms with van der Waals surface area (Å²) in [6, 6.07) is 6.00. The lowest BCUT2D eigenvalue weighted by Gasteiger charge is -2.30. The minimum absolute atomic E-state index is 0.354. The largest absolute Gasteiger partial charge is 0.480 e. The van der Waals surface area contributed by atoms with Crippen molar-refractivity contribution < 1.29 is 14.3 Å². The molecule has 0 spiro atoms. The number of hydrogen-bond acceptors (Lipinski definition) is 2. The molecule has 0 amide bonds. The van der Waals surface area contributed by atoms with Crippen molar-refractivity contribution in [1.29, 1.82) is 0 Å². The van der Waals surface area contributed by atoms with E-state index in [0.717, 1.165) is 19.3 Å². The Morgan fingerprint density at radius 1 is 1.42 bits per heavy atom. The van der Waals surface area contributed by atoms with Crippen molar-refractivity contribution in [3.8, 4) is 0 Å². The van der Waals surface area contributed by atoms with Gasteiger partial charge in [-0.15, -0.1) is 0 Å². The van der Waals surface area contributed by atoms with Crippen LogP contribution in [-0.2, 0) is 4.79 Å². The van der Waals surface area contributed by atoms with E-state index in [2.05, 4.69) is 12.2 Å². The van der Waals surface area contributed by atoms with Crippen LogP contribution in [0.1, 0.15) is 39.0 Å². The van der Waals surface area contributed by atoms with E-state index in [9.17, 15) is 14.3 Å². The Balaban J connectivity index is 2.22. The van der Waals surface area contributed by atoms with Gasteiger partial charge in [0, 0.05) is 5.69 Å². The van der Waals surface area contributed by atoms with Gasteiger partial charge in [0.05, 0.1) is 0 Å². The van der Waals surface area contributed by atoms with E-state index in [1.54, 1.807) is 12.1 Å². The highest BCUT2D eigenvalue weighted by Crippen LogP contribution is 2.33. The molecule has 0 aliphatic heterocycles. The average molecular weight is 265 g/mol. The monoisotopic (exact) mass is 265 g/mol. The first-order valence-electron chi connectivity index (χ1n) is 6.79. The molecule has 2 rings (SSSR count). The standard InChI is InChI=1S/C15H20FNO2/c1-11-4-3-8-15(9-7-11,14(18)19)17-13-6-2-5-12(16)10-13/h2,5-6,10-11,17H,3-4,7-9H2,1H3,(H,18,19). The first kappa shape index (κ1) is 13.8. The Labute approximate surface area is 112 Å². The minimum atomic E-state index is -0.960. The van der Waals surface area contributed by atoms with Gasteiger partial charge in [-0.1, -0.05) is 25.8 Å². The van der Waals surface area contributed by atoms with Crippen LogP contribution in [-0.4, -0.2) is 16.6 Å². The predicted octanol–water partition coefficient (Wildman–Crippen LogP) is 3.66. The van der Waals surface area contributed by atoms with E-state index >= 15 is 0 Å². The SMILES string of the molecule is CC1CCCC(Nc2cccc(F)c2)(C(=O)O)CC1. The number of aliphatic carboxylic acids is 1. The second-order valence-electron chi connectivity index (χ2n) is 5.56. The van der Waals surface area contributed by atoms with Gasteiger partial charge in [0.15, 0.2) is 0 Å². The van der Waals surface area contributed by atoms with Gasteiger partial charge in [-0.05, 0) is 43.4 Å². The molecule has 19 heavy (non-hydrogen) atoms. The summed E-state index contributed by atoms with van der Waals surface area (Å²) in [4.78, 5) is 11.7.